The van der Waals surface area contributed by atoms with Crippen LogP contribution in [0.3, 0.4) is 0 Å². The molecule has 1 fully saturated rings. The molecule has 1 aliphatic rings. The molecule has 1 saturated heterocycles. The van der Waals surface area contributed by atoms with Gasteiger partial charge in [0.1, 0.15) is 5.75 Å². The van der Waals surface area contributed by atoms with Crippen molar-refractivity contribution in [1.82, 2.24) is 4.90 Å². The highest BCUT2D eigenvalue weighted by atomic mass is 16.5. The zero-order valence-electron chi connectivity index (χ0n) is 14.7. The van der Waals surface area contributed by atoms with Crippen LogP contribution in [0, 0.1) is 5.92 Å². The number of benzene rings is 1. The Labute approximate surface area is 144 Å². The van der Waals surface area contributed by atoms with Crippen molar-refractivity contribution in [2.45, 2.75) is 45.6 Å². The third-order valence-electron chi connectivity index (χ3n) is 4.53. The van der Waals surface area contributed by atoms with Gasteiger partial charge in [-0.05, 0) is 56.5 Å². The third-order valence-corrected chi connectivity index (χ3v) is 4.53. The van der Waals surface area contributed by atoms with Crippen LogP contribution in [-0.2, 0) is 4.79 Å². The maximum Gasteiger partial charge on any atom is 0.223 e. The maximum absolute atomic E-state index is 12.3. The number of ketones is 1. The second-order valence-corrected chi connectivity index (χ2v) is 6.53. The third kappa shape index (κ3) is 4.81. The summed E-state index contributed by atoms with van der Waals surface area (Å²) < 4.78 is 5.51. The van der Waals surface area contributed by atoms with E-state index < -0.39 is 0 Å². The Balaban J connectivity index is 1.83. The first kappa shape index (κ1) is 18.5. The molecule has 0 saturated carbocycles. The fourth-order valence-electron chi connectivity index (χ4n) is 3.13. The number of carbonyl (C=O) groups excluding carboxylic acids is 2. The van der Waals surface area contributed by atoms with E-state index in [9.17, 15) is 9.59 Å². The molecule has 1 heterocycles. The number of likely N-dealkylation sites (tertiary alicyclic amines) is 1. The Kier molecular flexibility index (Phi) is 6.79. The summed E-state index contributed by atoms with van der Waals surface area (Å²) in [6.07, 6.45) is 2.40. The van der Waals surface area contributed by atoms with Gasteiger partial charge in [0, 0.05) is 31.0 Å². The van der Waals surface area contributed by atoms with Crippen molar-refractivity contribution in [3.63, 3.8) is 0 Å². The van der Waals surface area contributed by atoms with Gasteiger partial charge in [-0.1, -0.05) is 6.92 Å². The number of rotatable bonds is 8. The summed E-state index contributed by atoms with van der Waals surface area (Å²) in [5.74, 6) is 1.20. The standard InChI is InChI=1S/C19H28N2O3/c1-3-10-24-17-6-4-16(5-7-17)18(22)8-9-19(23)21-13-15(12-20)11-14(21)2/h4-7,14-15H,3,8-13,20H2,1-2H3. The van der Waals surface area contributed by atoms with Crippen LogP contribution in [0.25, 0.3) is 0 Å². The minimum Gasteiger partial charge on any atom is -0.494 e. The first-order valence-electron chi connectivity index (χ1n) is 8.80. The second kappa shape index (κ2) is 8.83. The molecule has 1 aliphatic heterocycles. The Bertz CT molecular complexity index is 556. The van der Waals surface area contributed by atoms with Crippen molar-refractivity contribution in [3.8, 4) is 5.75 Å². The SMILES string of the molecule is CCCOc1ccc(C(=O)CCC(=O)N2CC(CN)CC2C)cc1. The summed E-state index contributed by atoms with van der Waals surface area (Å²) >= 11 is 0. The molecule has 0 bridgehead atoms. The molecule has 0 radical (unpaired) electrons. The van der Waals surface area contributed by atoms with Gasteiger partial charge in [-0.25, -0.2) is 0 Å². The van der Waals surface area contributed by atoms with E-state index in [1.54, 1.807) is 24.3 Å². The van der Waals surface area contributed by atoms with E-state index in [0.717, 1.165) is 18.6 Å². The smallest absolute Gasteiger partial charge is 0.223 e. The quantitative estimate of drug-likeness (QED) is 0.743. The van der Waals surface area contributed by atoms with Crippen molar-refractivity contribution in [1.29, 1.82) is 0 Å². The molecule has 5 heteroatoms. The Morgan fingerprint density at radius 2 is 1.96 bits per heavy atom. The molecule has 2 unspecified atom stereocenters. The minimum atomic E-state index is -0.00684. The highest BCUT2D eigenvalue weighted by Gasteiger charge is 2.31. The largest absolute Gasteiger partial charge is 0.494 e. The molecule has 2 N–H and O–H groups in total. The van der Waals surface area contributed by atoms with Gasteiger partial charge >= 0.3 is 0 Å². The Hall–Kier alpha value is -1.88. The number of amides is 1. The lowest BCUT2D eigenvalue weighted by Crippen LogP contribution is -2.34. The predicted octanol–water partition coefficient (Wildman–Crippen LogP) is 2.63. The second-order valence-electron chi connectivity index (χ2n) is 6.53. The summed E-state index contributed by atoms with van der Waals surface area (Å²) in [6.45, 7) is 6.09. The minimum absolute atomic E-state index is 0.00684. The van der Waals surface area contributed by atoms with Crippen LogP contribution in [0.15, 0.2) is 24.3 Å². The molecule has 1 aromatic rings. The van der Waals surface area contributed by atoms with Crippen molar-refractivity contribution in [3.05, 3.63) is 29.8 Å². The predicted molar refractivity (Wildman–Crippen MR) is 94.1 cm³/mol. The van der Waals surface area contributed by atoms with Crippen molar-refractivity contribution in [2.75, 3.05) is 19.7 Å². The molecule has 0 spiro atoms. The summed E-state index contributed by atoms with van der Waals surface area (Å²) in [5, 5.41) is 0. The fourth-order valence-corrected chi connectivity index (χ4v) is 3.13. The molecule has 1 aromatic carbocycles. The van der Waals surface area contributed by atoms with E-state index in [1.165, 1.54) is 0 Å². The Morgan fingerprint density at radius 3 is 2.54 bits per heavy atom. The topological polar surface area (TPSA) is 72.6 Å². The van der Waals surface area contributed by atoms with Gasteiger partial charge < -0.3 is 15.4 Å². The van der Waals surface area contributed by atoms with Gasteiger partial charge in [0.25, 0.3) is 0 Å². The number of nitrogens with zero attached hydrogens (tertiary/aromatic N) is 1. The van der Waals surface area contributed by atoms with Crippen LogP contribution in [0.1, 0.15) is 49.9 Å². The van der Waals surface area contributed by atoms with E-state index in [4.69, 9.17) is 10.5 Å². The van der Waals surface area contributed by atoms with Crippen molar-refractivity contribution in [2.24, 2.45) is 11.7 Å². The molecule has 2 rings (SSSR count). The zero-order valence-corrected chi connectivity index (χ0v) is 14.7. The number of nitrogens with two attached hydrogens (primary N) is 1. The lowest BCUT2D eigenvalue weighted by atomic mass is 10.1. The highest BCUT2D eigenvalue weighted by Crippen LogP contribution is 2.23. The molecule has 2 atom stereocenters. The van der Waals surface area contributed by atoms with Gasteiger partial charge in [-0.2, -0.15) is 0 Å². The van der Waals surface area contributed by atoms with E-state index in [2.05, 4.69) is 0 Å². The highest BCUT2D eigenvalue weighted by molar-refractivity contribution is 5.98. The molecular weight excluding hydrogens is 304 g/mol. The average molecular weight is 332 g/mol. The number of Topliss-reactive ketones (excluding diaryl/α,β-unsaturated/α-hetero) is 1. The number of hydrogen-bond donors (Lipinski definition) is 1. The van der Waals surface area contributed by atoms with Crippen LogP contribution in [0.5, 0.6) is 5.75 Å². The van der Waals surface area contributed by atoms with Crippen molar-refractivity contribution >= 4 is 11.7 Å². The van der Waals surface area contributed by atoms with Crippen molar-refractivity contribution < 1.29 is 14.3 Å². The Morgan fingerprint density at radius 1 is 1.25 bits per heavy atom. The molecule has 5 nitrogen and oxygen atoms in total. The van der Waals surface area contributed by atoms with Gasteiger partial charge in [0.2, 0.25) is 5.91 Å². The average Bonchev–Trinajstić information content (AvgIpc) is 2.99. The van der Waals surface area contributed by atoms with Crippen LogP contribution in [0.4, 0.5) is 0 Å². The van der Waals surface area contributed by atoms with E-state index in [-0.39, 0.29) is 30.6 Å². The normalized spacial score (nSPS) is 20.2. The maximum atomic E-state index is 12.3. The van der Waals surface area contributed by atoms with Crippen LogP contribution in [-0.4, -0.2) is 42.3 Å². The summed E-state index contributed by atoms with van der Waals surface area (Å²) in [5.41, 5.74) is 6.32. The van der Waals surface area contributed by atoms with E-state index >= 15 is 0 Å². The van der Waals surface area contributed by atoms with Crippen LogP contribution < -0.4 is 10.5 Å². The van der Waals surface area contributed by atoms with Crippen LogP contribution >= 0.6 is 0 Å². The fraction of sp³-hybridized carbons (Fsp3) is 0.579. The molecule has 24 heavy (non-hydrogen) atoms. The monoisotopic (exact) mass is 332 g/mol. The summed E-state index contributed by atoms with van der Waals surface area (Å²) in [4.78, 5) is 26.5. The van der Waals surface area contributed by atoms with Gasteiger partial charge in [-0.15, -0.1) is 0 Å². The lowest BCUT2D eigenvalue weighted by molar-refractivity contribution is -0.131. The first-order chi connectivity index (χ1) is 11.5. The lowest BCUT2D eigenvalue weighted by Gasteiger charge is -2.21. The molecule has 1 amide bonds. The van der Waals surface area contributed by atoms with Gasteiger partial charge in [0.05, 0.1) is 6.61 Å². The summed E-state index contributed by atoms with van der Waals surface area (Å²) in [7, 11) is 0. The molecule has 0 aliphatic carbocycles. The number of ether oxygens (including phenoxy) is 1. The van der Waals surface area contributed by atoms with Crippen LogP contribution in [0.2, 0.25) is 0 Å². The number of hydrogen-bond acceptors (Lipinski definition) is 4. The first-order valence-corrected chi connectivity index (χ1v) is 8.80. The van der Waals surface area contributed by atoms with Gasteiger partial charge in [-0.3, -0.25) is 9.59 Å². The number of carbonyl (C=O) groups is 2. The molecule has 132 valence electrons. The summed E-state index contributed by atoms with van der Waals surface area (Å²) in [6, 6.07) is 7.36. The molecule has 0 aromatic heterocycles. The van der Waals surface area contributed by atoms with E-state index in [0.29, 0.717) is 31.2 Å². The molecular formula is C19H28N2O3. The van der Waals surface area contributed by atoms with Gasteiger partial charge in [0.15, 0.2) is 5.78 Å². The zero-order chi connectivity index (χ0) is 17.5. The van der Waals surface area contributed by atoms with E-state index in [1.807, 2.05) is 18.7 Å².